The fraction of sp³-hybridized carbons (Fsp3) is 0.556. The number of anilines is 1. The van der Waals surface area contributed by atoms with Crippen molar-refractivity contribution in [1.82, 2.24) is 15.1 Å². The predicted molar refractivity (Wildman–Crippen MR) is 94.0 cm³/mol. The second-order valence-corrected chi connectivity index (χ2v) is 6.65. The van der Waals surface area contributed by atoms with Gasteiger partial charge in [0.2, 0.25) is 5.91 Å². The van der Waals surface area contributed by atoms with E-state index in [9.17, 15) is 14.0 Å². The van der Waals surface area contributed by atoms with Crippen molar-refractivity contribution in [2.24, 2.45) is 0 Å². The quantitative estimate of drug-likeness (QED) is 0.904. The zero-order valence-electron chi connectivity index (χ0n) is 14.6. The number of carbonyl (C=O) groups is 2. The monoisotopic (exact) mass is 348 g/mol. The highest BCUT2D eigenvalue weighted by molar-refractivity contribution is 5.87. The molecule has 0 unspecified atom stereocenters. The molecule has 3 amide bonds. The summed E-state index contributed by atoms with van der Waals surface area (Å²) in [5, 5.41) is 2.82. The van der Waals surface area contributed by atoms with Crippen LogP contribution in [0, 0.1) is 5.82 Å². The molecule has 2 saturated heterocycles. The van der Waals surface area contributed by atoms with Crippen LogP contribution in [0.3, 0.4) is 0 Å². The third kappa shape index (κ3) is 4.21. The summed E-state index contributed by atoms with van der Waals surface area (Å²) in [5.74, 6) is -0.255. The highest BCUT2D eigenvalue weighted by atomic mass is 19.1. The van der Waals surface area contributed by atoms with E-state index in [1.165, 1.54) is 12.1 Å². The van der Waals surface area contributed by atoms with Crippen molar-refractivity contribution in [3.63, 3.8) is 0 Å². The van der Waals surface area contributed by atoms with Gasteiger partial charge in [0.25, 0.3) is 0 Å². The third-order valence-electron chi connectivity index (χ3n) is 4.89. The van der Waals surface area contributed by atoms with Crippen molar-refractivity contribution in [3.05, 3.63) is 30.1 Å². The number of urea groups is 1. The highest BCUT2D eigenvalue weighted by Crippen LogP contribution is 2.17. The average Bonchev–Trinajstić information content (AvgIpc) is 3.16. The number of likely N-dealkylation sites (tertiary alicyclic amines) is 1. The molecular formula is C18H25FN4O2. The van der Waals surface area contributed by atoms with Gasteiger partial charge in [0.1, 0.15) is 11.9 Å². The van der Waals surface area contributed by atoms with Gasteiger partial charge in [-0.1, -0.05) is 0 Å². The van der Waals surface area contributed by atoms with Crippen molar-refractivity contribution in [1.29, 1.82) is 0 Å². The van der Waals surface area contributed by atoms with Crippen molar-refractivity contribution in [2.75, 3.05) is 44.2 Å². The Labute approximate surface area is 147 Å². The fourth-order valence-electron chi connectivity index (χ4n) is 3.37. The summed E-state index contributed by atoms with van der Waals surface area (Å²) in [6, 6.07) is 5.70. The minimum absolute atomic E-state index is 0.00389. The lowest BCUT2D eigenvalue weighted by Gasteiger charge is -2.36. The SMILES string of the molecule is C[C@H](NC(=O)N1CCN(c2ccc(F)cc2)CC1)C(=O)N1CCCC1. The van der Waals surface area contributed by atoms with E-state index < -0.39 is 6.04 Å². The van der Waals surface area contributed by atoms with Gasteiger partial charge < -0.3 is 20.0 Å². The number of rotatable bonds is 3. The van der Waals surface area contributed by atoms with Crippen LogP contribution in [0.5, 0.6) is 0 Å². The Morgan fingerprint density at radius 3 is 2.16 bits per heavy atom. The van der Waals surface area contributed by atoms with E-state index >= 15 is 0 Å². The number of hydrogen-bond acceptors (Lipinski definition) is 3. The summed E-state index contributed by atoms with van der Waals surface area (Å²) in [4.78, 5) is 30.3. The molecule has 2 heterocycles. The number of amides is 3. The van der Waals surface area contributed by atoms with Gasteiger partial charge in [-0.3, -0.25) is 4.79 Å². The van der Waals surface area contributed by atoms with Gasteiger partial charge in [0, 0.05) is 45.0 Å². The Balaban J connectivity index is 1.47. The Bertz CT molecular complexity index is 608. The number of nitrogens with one attached hydrogen (secondary N) is 1. The maximum Gasteiger partial charge on any atom is 0.318 e. The Hall–Kier alpha value is -2.31. The molecule has 0 bridgehead atoms. The van der Waals surface area contributed by atoms with Gasteiger partial charge in [-0.15, -0.1) is 0 Å². The molecular weight excluding hydrogens is 323 g/mol. The zero-order chi connectivity index (χ0) is 17.8. The maximum atomic E-state index is 13.0. The van der Waals surface area contributed by atoms with Crippen LogP contribution in [0.15, 0.2) is 24.3 Å². The molecule has 0 radical (unpaired) electrons. The summed E-state index contributed by atoms with van der Waals surface area (Å²) < 4.78 is 13.0. The lowest BCUT2D eigenvalue weighted by molar-refractivity contribution is -0.131. The zero-order valence-corrected chi connectivity index (χ0v) is 14.6. The Morgan fingerprint density at radius 2 is 1.56 bits per heavy atom. The first-order valence-corrected chi connectivity index (χ1v) is 8.89. The summed E-state index contributed by atoms with van der Waals surface area (Å²) in [7, 11) is 0. The first-order chi connectivity index (χ1) is 12.0. The molecule has 0 spiro atoms. The van der Waals surface area contributed by atoms with Gasteiger partial charge in [-0.25, -0.2) is 9.18 Å². The van der Waals surface area contributed by atoms with Crippen LogP contribution in [0.1, 0.15) is 19.8 Å². The Morgan fingerprint density at radius 1 is 0.960 bits per heavy atom. The first-order valence-electron chi connectivity index (χ1n) is 8.89. The van der Waals surface area contributed by atoms with Gasteiger partial charge in [0.15, 0.2) is 0 Å². The molecule has 0 aliphatic carbocycles. The molecule has 136 valence electrons. The van der Waals surface area contributed by atoms with E-state index in [4.69, 9.17) is 0 Å². The normalized spacial score (nSPS) is 19.0. The first kappa shape index (κ1) is 17.5. The van der Waals surface area contributed by atoms with Crippen LogP contribution in [0.25, 0.3) is 0 Å². The molecule has 1 aromatic rings. The third-order valence-corrected chi connectivity index (χ3v) is 4.89. The van der Waals surface area contributed by atoms with Crippen LogP contribution in [-0.2, 0) is 4.79 Å². The molecule has 7 heteroatoms. The van der Waals surface area contributed by atoms with E-state index in [2.05, 4.69) is 10.2 Å². The minimum Gasteiger partial charge on any atom is -0.368 e. The van der Waals surface area contributed by atoms with E-state index in [-0.39, 0.29) is 17.8 Å². The molecule has 2 aliphatic heterocycles. The number of halogens is 1. The smallest absolute Gasteiger partial charge is 0.318 e. The number of carbonyl (C=O) groups excluding carboxylic acids is 2. The average molecular weight is 348 g/mol. The van der Waals surface area contributed by atoms with E-state index in [0.29, 0.717) is 26.2 Å². The molecule has 6 nitrogen and oxygen atoms in total. The van der Waals surface area contributed by atoms with Crippen LogP contribution < -0.4 is 10.2 Å². The van der Waals surface area contributed by atoms with Crippen LogP contribution in [-0.4, -0.2) is 67.0 Å². The van der Waals surface area contributed by atoms with Gasteiger partial charge in [0.05, 0.1) is 0 Å². The number of nitrogens with zero attached hydrogens (tertiary/aromatic N) is 3. The Kier molecular flexibility index (Phi) is 5.40. The number of benzene rings is 1. The molecule has 1 atom stereocenters. The van der Waals surface area contributed by atoms with Gasteiger partial charge in [-0.2, -0.15) is 0 Å². The standard InChI is InChI=1S/C18H25FN4O2/c1-14(17(24)22-8-2-3-9-22)20-18(25)23-12-10-21(11-13-23)16-6-4-15(19)5-7-16/h4-7,14H,2-3,8-13H2,1H3,(H,20,25)/t14-/m0/s1. The molecule has 1 N–H and O–H groups in total. The maximum absolute atomic E-state index is 13.0. The predicted octanol–water partition coefficient (Wildman–Crippen LogP) is 1.67. The molecule has 0 saturated carbocycles. The second kappa shape index (κ2) is 7.72. The van der Waals surface area contributed by atoms with Crippen LogP contribution in [0.4, 0.5) is 14.9 Å². The summed E-state index contributed by atoms with van der Waals surface area (Å²) in [6.07, 6.45) is 2.08. The van der Waals surface area contributed by atoms with Crippen LogP contribution in [0.2, 0.25) is 0 Å². The molecule has 0 aromatic heterocycles. The van der Waals surface area contributed by atoms with E-state index in [1.807, 2.05) is 4.90 Å². The molecule has 1 aromatic carbocycles. The summed E-state index contributed by atoms with van der Waals surface area (Å²) in [6.45, 7) is 5.85. The topological polar surface area (TPSA) is 55.9 Å². The van der Waals surface area contributed by atoms with Crippen molar-refractivity contribution in [2.45, 2.75) is 25.8 Å². The lowest BCUT2D eigenvalue weighted by atomic mass is 10.2. The second-order valence-electron chi connectivity index (χ2n) is 6.65. The molecule has 25 heavy (non-hydrogen) atoms. The van der Waals surface area contributed by atoms with E-state index in [1.54, 1.807) is 24.0 Å². The summed E-state index contributed by atoms with van der Waals surface area (Å²) in [5.41, 5.74) is 0.957. The highest BCUT2D eigenvalue weighted by Gasteiger charge is 2.27. The summed E-state index contributed by atoms with van der Waals surface area (Å²) >= 11 is 0. The molecule has 3 rings (SSSR count). The fourth-order valence-corrected chi connectivity index (χ4v) is 3.37. The van der Waals surface area contributed by atoms with Gasteiger partial charge in [-0.05, 0) is 44.0 Å². The molecule has 2 fully saturated rings. The van der Waals surface area contributed by atoms with Crippen molar-refractivity contribution >= 4 is 17.6 Å². The lowest BCUT2D eigenvalue weighted by Crippen LogP contribution is -2.55. The number of hydrogen-bond donors (Lipinski definition) is 1. The largest absolute Gasteiger partial charge is 0.368 e. The van der Waals surface area contributed by atoms with Crippen LogP contribution >= 0.6 is 0 Å². The van der Waals surface area contributed by atoms with Gasteiger partial charge >= 0.3 is 6.03 Å². The van der Waals surface area contributed by atoms with Crippen molar-refractivity contribution in [3.8, 4) is 0 Å². The van der Waals surface area contributed by atoms with Crippen molar-refractivity contribution < 1.29 is 14.0 Å². The minimum atomic E-state index is -0.499. The number of piperazine rings is 1. The van der Waals surface area contributed by atoms with E-state index in [0.717, 1.165) is 31.6 Å². The molecule has 2 aliphatic rings.